The zero-order valence-electron chi connectivity index (χ0n) is 16.2. The zero-order chi connectivity index (χ0) is 20.2. The summed E-state index contributed by atoms with van der Waals surface area (Å²) in [6.07, 6.45) is 0.793. The second-order valence-electron chi connectivity index (χ2n) is 7.08. The molecule has 146 valence electrons. The average Bonchev–Trinajstić information content (AvgIpc) is 3.10. The van der Waals surface area contributed by atoms with Crippen molar-refractivity contribution in [3.8, 4) is 0 Å². The van der Waals surface area contributed by atoms with E-state index in [4.69, 9.17) is 11.6 Å². The summed E-state index contributed by atoms with van der Waals surface area (Å²) in [4.78, 5) is 12.8. The van der Waals surface area contributed by atoms with Crippen LogP contribution in [0.15, 0.2) is 72.8 Å². The molecule has 0 saturated heterocycles. The highest BCUT2D eigenvalue weighted by molar-refractivity contribution is 6.30. The Kier molecular flexibility index (Phi) is 5.63. The molecule has 0 saturated carbocycles. The molecule has 1 aromatic heterocycles. The number of halogens is 1. The minimum atomic E-state index is -0.148. The summed E-state index contributed by atoms with van der Waals surface area (Å²) < 4.78 is 1.87. The van der Waals surface area contributed by atoms with Crippen molar-refractivity contribution < 1.29 is 4.79 Å². The van der Waals surface area contributed by atoms with Crippen molar-refractivity contribution in [3.63, 3.8) is 0 Å². The van der Waals surface area contributed by atoms with Gasteiger partial charge >= 0.3 is 0 Å². The van der Waals surface area contributed by atoms with Gasteiger partial charge in [0, 0.05) is 17.0 Å². The third-order valence-electron chi connectivity index (χ3n) is 5.06. The first-order valence-corrected chi connectivity index (χ1v) is 10.0. The summed E-state index contributed by atoms with van der Waals surface area (Å²) >= 11 is 5.98. The van der Waals surface area contributed by atoms with Crippen molar-refractivity contribution in [2.75, 3.05) is 6.54 Å². The molecule has 0 unspecified atom stereocenters. The number of carbonyl (C=O) groups excluding carboxylic acids is 1. The second-order valence-corrected chi connectivity index (χ2v) is 7.52. The number of benzene rings is 3. The highest BCUT2D eigenvalue weighted by Gasteiger charge is 2.17. The van der Waals surface area contributed by atoms with E-state index < -0.39 is 0 Å². The monoisotopic (exact) mass is 403 g/mol. The number of nitrogens with zero attached hydrogens (tertiary/aromatic N) is 2. The third-order valence-corrected chi connectivity index (χ3v) is 5.31. The molecule has 0 atom stereocenters. The highest BCUT2D eigenvalue weighted by atomic mass is 35.5. The lowest BCUT2D eigenvalue weighted by molar-refractivity contribution is 0.0950. The number of aryl methyl sites for hydroxylation is 1. The van der Waals surface area contributed by atoms with E-state index in [1.165, 1.54) is 11.1 Å². The van der Waals surface area contributed by atoms with E-state index in [1.54, 1.807) is 0 Å². The summed E-state index contributed by atoms with van der Waals surface area (Å²) in [6.45, 7) is 3.24. The van der Waals surface area contributed by atoms with Gasteiger partial charge in [0.05, 0.1) is 12.1 Å². The first-order valence-electron chi connectivity index (χ1n) is 9.64. The quantitative estimate of drug-likeness (QED) is 0.491. The Morgan fingerprint density at radius 2 is 1.72 bits per heavy atom. The predicted octanol–water partition coefficient (Wildman–Crippen LogP) is 5.02. The summed E-state index contributed by atoms with van der Waals surface area (Å²) in [5.74, 6) is -0.148. The molecular weight excluding hydrogens is 382 g/mol. The van der Waals surface area contributed by atoms with Gasteiger partial charge in [-0.15, -0.1) is 0 Å². The minimum absolute atomic E-state index is 0.148. The number of nitrogens with one attached hydrogen (secondary N) is 1. The van der Waals surface area contributed by atoms with E-state index in [-0.39, 0.29) is 5.91 Å². The van der Waals surface area contributed by atoms with Crippen molar-refractivity contribution in [3.05, 3.63) is 100 Å². The molecule has 4 aromatic rings. The normalized spacial score (nSPS) is 11.0. The van der Waals surface area contributed by atoms with Crippen LogP contribution in [0.5, 0.6) is 0 Å². The first-order chi connectivity index (χ1) is 14.1. The zero-order valence-corrected chi connectivity index (χ0v) is 17.0. The molecule has 0 radical (unpaired) electrons. The van der Waals surface area contributed by atoms with Crippen molar-refractivity contribution in [1.29, 1.82) is 0 Å². The van der Waals surface area contributed by atoms with Gasteiger partial charge in [-0.3, -0.25) is 9.48 Å². The summed E-state index contributed by atoms with van der Waals surface area (Å²) in [6, 6.07) is 23.7. The average molecular weight is 404 g/mol. The fourth-order valence-electron chi connectivity index (χ4n) is 3.46. The lowest BCUT2D eigenvalue weighted by Gasteiger charge is -2.06. The number of fused-ring (bicyclic) bond motifs is 1. The number of aromatic nitrogens is 2. The number of rotatable bonds is 6. The molecule has 0 aliphatic rings. The fraction of sp³-hybridized carbons (Fsp3) is 0.167. The SMILES string of the molecule is Cc1ccccc1CCNC(=O)c1nn(Cc2ccc(Cl)cc2)c2ccccc12. The molecule has 4 rings (SSSR count). The van der Waals surface area contributed by atoms with Gasteiger partial charge in [-0.05, 0) is 48.2 Å². The third kappa shape index (κ3) is 4.33. The standard InChI is InChI=1S/C24H22ClN3O/c1-17-6-2-3-7-19(17)14-15-26-24(29)23-21-8-4-5-9-22(21)28(27-23)16-18-10-12-20(25)13-11-18/h2-13H,14-16H2,1H3,(H,26,29). The Balaban J connectivity index is 1.53. The molecule has 0 aliphatic carbocycles. The number of hydrogen-bond donors (Lipinski definition) is 1. The largest absolute Gasteiger partial charge is 0.350 e. The molecule has 4 nitrogen and oxygen atoms in total. The van der Waals surface area contributed by atoms with E-state index in [1.807, 2.05) is 65.3 Å². The number of hydrogen-bond acceptors (Lipinski definition) is 2. The maximum absolute atomic E-state index is 12.8. The summed E-state index contributed by atoms with van der Waals surface area (Å²) in [7, 11) is 0. The van der Waals surface area contributed by atoms with Crippen molar-refractivity contribution in [1.82, 2.24) is 15.1 Å². The Morgan fingerprint density at radius 3 is 2.52 bits per heavy atom. The van der Waals surface area contributed by atoms with Gasteiger partial charge in [0.2, 0.25) is 0 Å². The second kappa shape index (κ2) is 8.50. The molecule has 3 aromatic carbocycles. The molecule has 5 heteroatoms. The van der Waals surface area contributed by atoms with Gasteiger partial charge in [-0.2, -0.15) is 5.10 Å². The molecule has 0 aliphatic heterocycles. The summed E-state index contributed by atoms with van der Waals surface area (Å²) in [5, 5.41) is 9.20. The van der Waals surface area contributed by atoms with Crippen LogP contribution in [-0.4, -0.2) is 22.2 Å². The molecular formula is C24H22ClN3O. The van der Waals surface area contributed by atoms with E-state index in [0.29, 0.717) is 23.8 Å². The van der Waals surface area contributed by atoms with E-state index in [0.717, 1.165) is 22.9 Å². The van der Waals surface area contributed by atoms with E-state index >= 15 is 0 Å². The van der Waals surface area contributed by atoms with Crippen LogP contribution in [0.3, 0.4) is 0 Å². The molecule has 29 heavy (non-hydrogen) atoms. The maximum Gasteiger partial charge on any atom is 0.272 e. The van der Waals surface area contributed by atoms with Gasteiger partial charge in [-0.1, -0.05) is 66.2 Å². The Labute approximate surface area is 175 Å². The Hall–Kier alpha value is -3.11. The van der Waals surface area contributed by atoms with E-state index in [9.17, 15) is 4.79 Å². The van der Waals surface area contributed by atoms with Crippen molar-refractivity contribution >= 4 is 28.4 Å². The summed E-state index contributed by atoms with van der Waals surface area (Å²) in [5.41, 5.74) is 4.95. The highest BCUT2D eigenvalue weighted by Crippen LogP contribution is 2.20. The van der Waals surface area contributed by atoms with E-state index in [2.05, 4.69) is 29.5 Å². The molecule has 1 amide bonds. The molecule has 0 spiro atoms. The van der Waals surface area contributed by atoms with Gasteiger partial charge in [0.15, 0.2) is 5.69 Å². The van der Waals surface area contributed by atoms with Crippen LogP contribution < -0.4 is 5.32 Å². The molecule has 0 bridgehead atoms. The Morgan fingerprint density at radius 1 is 1.00 bits per heavy atom. The maximum atomic E-state index is 12.8. The lowest BCUT2D eigenvalue weighted by atomic mass is 10.1. The smallest absolute Gasteiger partial charge is 0.272 e. The number of amides is 1. The van der Waals surface area contributed by atoms with Crippen LogP contribution in [0.4, 0.5) is 0 Å². The van der Waals surface area contributed by atoms with Gasteiger partial charge < -0.3 is 5.32 Å². The van der Waals surface area contributed by atoms with Crippen LogP contribution in [-0.2, 0) is 13.0 Å². The first kappa shape index (κ1) is 19.2. The molecule has 1 N–H and O–H groups in total. The molecule has 0 fully saturated rings. The minimum Gasteiger partial charge on any atom is -0.350 e. The Bertz CT molecular complexity index is 1150. The van der Waals surface area contributed by atoms with Crippen LogP contribution in [0.25, 0.3) is 10.9 Å². The predicted molar refractivity (Wildman–Crippen MR) is 118 cm³/mol. The fourth-order valence-corrected chi connectivity index (χ4v) is 3.59. The van der Waals surface area contributed by atoms with Gasteiger partial charge in [-0.25, -0.2) is 0 Å². The molecule has 1 heterocycles. The number of para-hydroxylation sites is 1. The van der Waals surface area contributed by atoms with Crippen LogP contribution >= 0.6 is 11.6 Å². The van der Waals surface area contributed by atoms with Crippen LogP contribution in [0.1, 0.15) is 27.2 Å². The van der Waals surface area contributed by atoms with Gasteiger partial charge in [0.25, 0.3) is 5.91 Å². The van der Waals surface area contributed by atoms with Crippen molar-refractivity contribution in [2.24, 2.45) is 0 Å². The van der Waals surface area contributed by atoms with Gasteiger partial charge in [0.1, 0.15) is 0 Å². The van der Waals surface area contributed by atoms with Crippen LogP contribution in [0.2, 0.25) is 5.02 Å². The lowest BCUT2D eigenvalue weighted by Crippen LogP contribution is -2.26. The number of carbonyl (C=O) groups is 1. The topological polar surface area (TPSA) is 46.9 Å². The van der Waals surface area contributed by atoms with Crippen molar-refractivity contribution in [2.45, 2.75) is 19.9 Å². The van der Waals surface area contributed by atoms with Crippen LogP contribution in [0, 0.1) is 6.92 Å².